The van der Waals surface area contributed by atoms with Crippen LogP contribution in [0.1, 0.15) is 36.0 Å². The van der Waals surface area contributed by atoms with Gasteiger partial charge in [-0.25, -0.2) is 4.98 Å². The summed E-state index contributed by atoms with van der Waals surface area (Å²) in [5.74, 6) is 1.57. The maximum Gasteiger partial charge on any atom is 0.251 e. The number of carbonyl (C=O) groups excluding carboxylic acids is 1. The summed E-state index contributed by atoms with van der Waals surface area (Å²) in [5.41, 5.74) is 0.722. The fraction of sp³-hybridized carbons (Fsp3) is 0.421. The SMILES string of the molecule is CN(C)c1ccnc(N[C@H]2CC[C@@H](NC(=O)c3ccc(I)cc3)CC2)n1. The lowest BCUT2D eigenvalue weighted by atomic mass is 9.91. The first-order valence-electron chi connectivity index (χ1n) is 8.84. The molecule has 2 aromatic rings. The molecule has 2 N–H and O–H groups in total. The minimum atomic E-state index is 0.0137. The number of amides is 1. The molecule has 1 aliphatic rings. The number of anilines is 2. The standard InChI is InChI=1S/C19H24IN5O/c1-25(2)17-11-12-21-19(24-17)23-16-9-7-15(8-10-16)22-18(26)13-3-5-14(20)6-4-13/h3-6,11-12,15-16H,7-10H2,1-2H3,(H,22,26)(H,21,23,24)/t15-,16+. The Hall–Kier alpha value is -1.90. The maximum absolute atomic E-state index is 12.3. The number of nitrogens with one attached hydrogen (secondary N) is 2. The van der Waals surface area contributed by atoms with Gasteiger partial charge in [-0.3, -0.25) is 4.79 Å². The van der Waals surface area contributed by atoms with Gasteiger partial charge in [-0.05, 0) is 78.6 Å². The van der Waals surface area contributed by atoms with Crippen LogP contribution in [0.3, 0.4) is 0 Å². The number of hydrogen-bond acceptors (Lipinski definition) is 5. The summed E-state index contributed by atoms with van der Waals surface area (Å²) < 4.78 is 1.13. The topological polar surface area (TPSA) is 70.2 Å². The van der Waals surface area contributed by atoms with E-state index in [-0.39, 0.29) is 11.9 Å². The van der Waals surface area contributed by atoms with Gasteiger partial charge in [0, 0.05) is 41.5 Å². The normalized spacial score (nSPS) is 19.7. The molecule has 1 aromatic carbocycles. The molecule has 0 aliphatic heterocycles. The summed E-state index contributed by atoms with van der Waals surface area (Å²) >= 11 is 2.24. The summed E-state index contributed by atoms with van der Waals surface area (Å²) in [6.45, 7) is 0. The number of nitrogens with zero attached hydrogens (tertiary/aromatic N) is 3. The van der Waals surface area contributed by atoms with Crippen LogP contribution in [-0.4, -0.2) is 42.1 Å². The second-order valence-electron chi connectivity index (χ2n) is 6.81. The van der Waals surface area contributed by atoms with Gasteiger partial charge in [0.1, 0.15) is 5.82 Å². The van der Waals surface area contributed by atoms with Crippen molar-refractivity contribution in [2.75, 3.05) is 24.3 Å². The van der Waals surface area contributed by atoms with Crippen molar-refractivity contribution in [2.45, 2.75) is 37.8 Å². The van der Waals surface area contributed by atoms with Crippen molar-refractivity contribution in [3.8, 4) is 0 Å². The number of carbonyl (C=O) groups is 1. The van der Waals surface area contributed by atoms with Gasteiger partial charge in [-0.1, -0.05) is 0 Å². The third-order valence-electron chi connectivity index (χ3n) is 4.60. The van der Waals surface area contributed by atoms with Crippen molar-refractivity contribution >= 4 is 40.3 Å². The molecule has 0 bridgehead atoms. The first kappa shape index (κ1) is 18.9. The molecule has 0 spiro atoms. The zero-order valence-corrected chi connectivity index (χ0v) is 17.2. The smallest absolute Gasteiger partial charge is 0.251 e. The van der Waals surface area contributed by atoms with Crippen LogP contribution in [0.4, 0.5) is 11.8 Å². The van der Waals surface area contributed by atoms with E-state index < -0.39 is 0 Å². The molecule has 0 atom stereocenters. The first-order valence-corrected chi connectivity index (χ1v) is 9.92. The van der Waals surface area contributed by atoms with Crippen LogP contribution in [0.15, 0.2) is 36.5 Å². The molecule has 1 saturated carbocycles. The van der Waals surface area contributed by atoms with E-state index in [0.29, 0.717) is 12.0 Å². The molecule has 6 nitrogen and oxygen atoms in total. The summed E-state index contributed by atoms with van der Waals surface area (Å²) in [7, 11) is 3.93. The fourth-order valence-electron chi connectivity index (χ4n) is 3.10. The number of rotatable bonds is 5. The Morgan fingerprint density at radius 2 is 1.73 bits per heavy atom. The van der Waals surface area contributed by atoms with Crippen LogP contribution < -0.4 is 15.5 Å². The zero-order valence-electron chi connectivity index (χ0n) is 15.1. The molecular weight excluding hydrogens is 441 g/mol. The van der Waals surface area contributed by atoms with Crippen LogP contribution in [0.5, 0.6) is 0 Å². The molecule has 1 fully saturated rings. The van der Waals surface area contributed by atoms with E-state index in [9.17, 15) is 4.79 Å². The molecular formula is C19H24IN5O. The molecule has 0 radical (unpaired) electrons. The molecule has 138 valence electrons. The summed E-state index contributed by atoms with van der Waals surface area (Å²) in [5, 5.41) is 6.58. The molecule has 1 heterocycles. The van der Waals surface area contributed by atoms with E-state index in [1.54, 1.807) is 6.20 Å². The average Bonchev–Trinajstić information content (AvgIpc) is 2.64. The van der Waals surface area contributed by atoms with Gasteiger partial charge in [0.05, 0.1) is 0 Å². The Balaban J connectivity index is 1.49. The molecule has 0 unspecified atom stereocenters. The Morgan fingerprint density at radius 3 is 2.38 bits per heavy atom. The van der Waals surface area contributed by atoms with E-state index in [4.69, 9.17) is 0 Å². The molecule has 7 heteroatoms. The Morgan fingerprint density at radius 1 is 1.08 bits per heavy atom. The third-order valence-corrected chi connectivity index (χ3v) is 5.32. The van der Waals surface area contributed by atoms with E-state index in [0.717, 1.165) is 40.6 Å². The van der Waals surface area contributed by atoms with Crippen molar-refractivity contribution in [1.82, 2.24) is 15.3 Å². The van der Waals surface area contributed by atoms with Crippen LogP contribution >= 0.6 is 22.6 Å². The van der Waals surface area contributed by atoms with E-state index in [2.05, 4.69) is 43.2 Å². The third kappa shape index (κ3) is 5.06. The van der Waals surface area contributed by atoms with E-state index in [1.807, 2.05) is 49.3 Å². The predicted octanol–water partition coefficient (Wildman–Crippen LogP) is 3.30. The lowest BCUT2D eigenvalue weighted by Gasteiger charge is -2.29. The Labute approximate surface area is 167 Å². The van der Waals surface area contributed by atoms with Crippen LogP contribution in [0, 0.1) is 3.57 Å². The van der Waals surface area contributed by atoms with E-state index in [1.165, 1.54) is 0 Å². The lowest BCUT2D eigenvalue weighted by Crippen LogP contribution is -2.40. The molecule has 1 aliphatic carbocycles. The Kier molecular flexibility index (Phi) is 6.29. The summed E-state index contributed by atoms with van der Waals surface area (Å²) in [6, 6.07) is 10.1. The predicted molar refractivity (Wildman–Crippen MR) is 113 cm³/mol. The zero-order chi connectivity index (χ0) is 18.5. The minimum absolute atomic E-state index is 0.0137. The van der Waals surface area contributed by atoms with Gasteiger partial charge in [-0.2, -0.15) is 4.98 Å². The maximum atomic E-state index is 12.3. The first-order chi connectivity index (χ1) is 12.5. The van der Waals surface area contributed by atoms with Gasteiger partial charge >= 0.3 is 0 Å². The fourth-order valence-corrected chi connectivity index (χ4v) is 3.46. The van der Waals surface area contributed by atoms with Crippen LogP contribution in [0.25, 0.3) is 0 Å². The molecule has 1 aromatic heterocycles. The number of halogens is 1. The Bertz CT molecular complexity index is 742. The van der Waals surface area contributed by atoms with Gasteiger partial charge in [0.2, 0.25) is 5.95 Å². The summed E-state index contributed by atoms with van der Waals surface area (Å²) in [6.07, 6.45) is 5.68. The van der Waals surface area contributed by atoms with Crippen molar-refractivity contribution in [3.05, 3.63) is 45.7 Å². The number of aromatic nitrogens is 2. The van der Waals surface area contributed by atoms with E-state index >= 15 is 0 Å². The number of hydrogen-bond donors (Lipinski definition) is 2. The monoisotopic (exact) mass is 465 g/mol. The van der Waals surface area contributed by atoms with Gasteiger partial charge in [0.15, 0.2) is 0 Å². The van der Waals surface area contributed by atoms with Crippen molar-refractivity contribution < 1.29 is 4.79 Å². The van der Waals surface area contributed by atoms with Crippen molar-refractivity contribution in [3.63, 3.8) is 0 Å². The van der Waals surface area contributed by atoms with Gasteiger partial charge < -0.3 is 15.5 Å². The second kappa shape index (κ2) is 8.66. The average molecular weight is 465 g/mol. The minimum Gasteiger partial charge on any atom is -0.363 e. The van der Waals surface area contributed by atoms with Crippen molar-refractivity contribution in [1.29, 1.82) is 0 Å². The van der Waals surface area contributed by atoms with Gasteiger partial charge in [0.25, 0.3) is 5.91 Å². The highest BCUT2D eigenvalue weighted by Crippen LogP contribution is 2.22. The quantitative estimate of drug-likeness (QED) is 0.664. The van der Waals surface area contributed by atoms with Crippen LogP contribution in [0.2, 0.25) is 0 Å². The highest BCUT2D eigenvalue weighted by molar-refractivity contribution is 14.1. The molecule has 3 rings (SSSR count). The van der Waals surface area contributed by atoms with Crippen molar-refractivity contribution in [2.24, 2.45) is 0 Å². The van der Waals surface area contributed by atoms with Gasteiger partial charge in [-0.15, -0.1) is 0 Å². The second-order valence-corrected chi connectivity index (χ2v) is 8.05. The highest BCUT2D eigenvalue weighted by atomic mass is 127. The molecule has 26 heavy (non-hydrogen) atoms. The largest absolute Gasteiger partial charge is 0.363 e. The molecule has 0 saturated heterocycles. The number of benzene rings is 1. The lowest BCUT2D eigenvalue weighted by molar-refractivity contribution is 0.0926. The molecule has 1 amide bonds. The summed E-state index contributed by atoms with van der Waals surface area (Å²) in [4.78, 5) is 23.1. The van der Waals surface area contributed by atoms with Crippen LogP contribution in [-0.2, 0) is 0 Å². The highest BCUT2D eigenvalue weighted by Gasteiger charge is 2.23.